The highest BCUT2D eigenvalue weighted by Gasteiger charge is 2.63. The molecule has 2 fully saturated rings. The lowest BCUT2D eigenvalue weighted by Gasteiger charge is -2.62. The van der Waals surface area contributed by atoms with E-state index in [4.69, 9.17) is 9.53 Å². The molecule has 4 rings (SSSR count). The first kappa shape index (κ1) is 32.6. The van der Waals surface area contributed by atoms with Crippen molar-refractivity contribution in [2.75, 3.05) is 34.3 Å². The van der Waals surface area contributed by atoms with Crippen LogP contribution in [-0.4, -0.2) is 51.7 Å². The molecular weight excluding hydrogens is 478 g/mol. The minimum Gasteiger partial charge on any atom is -0.372 e. The molecule has 0 amide bonds. The van der Waals surface area contributed by atoms with Crippen LogP contribution in [0.15, 0.2) is 22.8 Å². The smallest absolute Gasteiger partial charge is 0.106 e. The molecule has 0 aliphatic heterocycles. The fourth-order valence-electron chi connectivity index (χ4n) is 10.2. The van der Waals surface area contributed by atoms with Crippen LogP contribution in [0.1, 0.15) is 120 Å². The molecule has 3 heteroatoms. The highest BCUT2D eigenvalue weighted by Crippen LogP contribution is 2.72. The maximum atomic E-state index is 8.00. The van der Waals surface area contributed by atoms with E-state index < -0.39 is 0 Å². The fraction of sp³-hybridized carbons (Fsp3) is 0.861. The predicted molar refractivity (Wildman–Crippen MR) is 167 cm³/mol. The maximum Gasteiger partial charge on any atom is 0.106 e. The number of carbonyl (C=O) groups is 1. The summed E-state index contributed by atoms with van der Waals surface area (Å²) in [6.07, 6.45) is 16.4. The van der Waals surface area contributed by atoms with Gasteiger partial charge in [-0.1, -0.05) is 64.3 Å². The van der Waals surface area contributed by atoms with Gasteiger partial charge in [0.15, 0.2) is 0 Å². The number of fused-ring (bicyclic) bond motifs is 4. The molecule has 0 aromatic carbocycles. The van der Waals surface area contributed by atoms with Crippen LogP contribution in [0.4, 0.5) is 0 Å². The Morgan fingerprint density at radius 3 is 2.26 bits per heavy atom. The van der Waals surface area contributed by atoms with Gasteiger partial charge in [-0.3, -0.25) is 0 Å². The van der Waals surface area contributed by atoms with E-state index in [1.54, 1.807) is 0 Å². The second kappa shape index (κ2) is 11.7. The third kappa shape index (κ3) is 5.88. The summed E-state index contributed by atoms with van der Waals surface area (Å²) >= 11 is 0. The Labute approximate surface area is 242 Å². The van der Waals surface area contributed by atoms with Gasteiger partial charge in [0.25, 0.3) is 0 Å². The molecule has 0 N–H and O–H groups in total. The molecule has 0 bridgehead atoms. The molecule has 3 nitrogen and oxygen atoms in total. The quantitative estimate of drug-likeness (QED) is 0.226. The summed E-state index contributed by atoms with van der Waals surface area (Å²) in [5.41, 5.74) is 6.82. The molecule has 39 heavy (non-hydrogen) atoms. The summed E-state index contributed by atoms with van der Waals surface area (Å²) < 4.78 is 7.64. The molecule has 7 atom stereocenters. The van der Waals surface area contributed by atoms with Gasteiger partial charge >= 0.3 is 0 Å². The highest BCUT2D eigenvalue weighted by molar-refractivity contribution is 5.38. The third-order valence-electron chi connectivity index (χ3n) is 12.7. The van der Waals surface area contributed by atoms with E-state index in [2.05, 4.69) is 82.6 Å². The van der Waals surface area contributed by atoms with E-state index in [1.807, 2.05) is 17.9 Å². The van der Waals surface area contributed by atoms with Crippen molar-refractivity contribution < 1.29 is 14.0 Å². The maximum absolute atomic E-state index is 8.00. The second-order valence-electron chi connectivity index (χ2n) is 16.4. The summed E-state index contributed by atoms with van der Waals surface area (Å²) in [6.45, 7) is 24.2. The van der Waals surface area contributed by atoms with Gasteiger partial charge in [0.2, 0.25) is 0 Å². The van der Waals surface area contributed by atoms with Gasteiger partial charge in [0, 0.05) is 0 Å². The Kier molecular flexibility index (Phi) is 9.82. The van der Waals surface area contributed by atoms with Crippen LogP contribution < -0.4 is 0 Å². The zero-order chi connectivity index (χ0) is 29.4. The van der Waals surface area contributed by atoms with E-state index in [-0.39, 0.29) is 5.41 Å². The number of likely N-dealkylation sites (N-methyl/N-ethyl adjacent to an activating group) is 1. The number of allylic oxidation sites excluding steroid dienone is 4. The first-order chi connectivity index (χ1) is 18.1. The van der Waals surface area contributed by atoms with Gasteiger partial charge in [0.05, 0.1) is 33.9 Å². The normalized spacial score (nSPS) is 38.1. The van der Waals surface area contributed by atoms with Crippen LogP contribution in [-0.2, 0) is 9.53 Å². The van der Waals surface area contributed by atoms with Crippen LogP contribution in [0.3, 0.4) is 0 Å². The van der Waals surface area contributed by atoms with Crippen molar-refractivity contribution in [3.8, 4) is 0 Å². The molecule has 0 aromatic heterocycles. The largest absolute Gasteiger partial charge is 0.372 e. The molecule has 0 spiro atoms. The summed E-state index contributed by atoms with van der Waals surface area (Å²) in [4.78, 5) is 8.00. The summed E-state index contributed by atoms with van der Waals surface area (Å²) in [5.74, 6) is 2.45. The number of hydrogen-bond donors (Lipinski definition) is 0. The van der Waals surface area contributed by atoms with Gasteiger partial charge in [-0.25, -0.2) is 0 Å². The Morgan fingerprint density at radius 2 is 1.64 bits per heavy atom. The molecular formula is C36H64NO2+. The van der Waals surface area contributed by atoms with Gasteiger partial charge in [-0.05, 0) is 117 Å². The molecule has 4 aliphatic rings. The second-order valence-corrected chi connectivity index (χ2v) is 16.4. The number of carbonyl (C=O) groups excluding carboxylic acids is 1. The highest BCUT2D eigenvalue weighted by atomic mass is 16.5. The lowest BCUT2D eigenvalue weighted by molar-refractivity contribution is -0.870. The van der Waals surface area contributed by atoms with E-state index in [0.29, 0.717) is 22.3 Å². The Balaban J connectivity index is 0.00000205. The van der Waals surface area contributed by atoms with Crippen LogP contribution in [0.25, 0.3) is 0 Å². The van der Waals surface area contributed by atoms with Crippen molar-refractivity contribution >= 4 is 6.79 Å². The van der Waals surface area contributed by atoms with Gasteiger partial charge in [-0.15, -0.1) is 0 Å². The third-order valence-corrected chi connectivity index (χ3v) is 12.7. The number of quaternary nitrogens is 1. The SMILES string of the molecule is C=O.CC(C)=CCC[C@@H](C)[C@H]1CC[C@@]2(C)C3=C(CC[C@]12C)[C@@]1(C)CC[C@H](OCC[N+](C)(C)C)C(C)(C)[C@@H]1CC3. The minimum absolute atomic E-state index is 0.246. The van der Waals surface area contributed by atoms with Crippen molar-refractivity contribution in [3.63, 3.8) is 0 Å². The Morgan fingerprint density at radius 1 is 0.974 bits per heavy atom. The van der Waals surface area contributed by atoms with Crippen molar-refractivity contribution in [2.24, 2.45) is 39.4 Å². The summed E-state index contributed by atoms with van der Waals surface area (Å²) in [6, 6.07) is 0. The molecule has 2 saturated carbocycles. The molecule has 0 aromatic rings. The lowest BCUT2D eigenvalue weighted by Crippen LogP contribution is -2.56. The average molecular weight is 543 g/mol. The van der Waals surface area contributed by atoms with E-state index in [9.17, 15) is 0 Å². The molecule has 224 valence electrons. The van der Waals surface area contributed by atoms with E-state index in [1.165, 1.54) is 69.8 Å². The molecule has 0 saturated heterocycles. The minimum atomic E-state index is 0.246. The van der Waals surface area contributed by atoms with E-state index in [0.717, 1.165) is 35.4 Å². The zero-order valence-corrected chi connectivity index (χ0v) is 27.8. The first-order valence-electron chi connectivity index (χ1n) is 16.1. The number of ether oxygens (including phenoxy) is 1. The van der Waals surface area contributed by atoms with Crippen LogP contribution in [0.5, 0.6) is 0 Å². The first-order valence-corrected chi connectivity index (χ1v) is 16.1. The zero-order valence-electron chi connectivity index (χ0n) is 27.8. The predicted octanol–water partition coefficient (Wildman–Crippen LogP) is 9.02. The number of hydrogen-bond acceptors (Lipinski definition) is 2. The molecule has 0 unspecified atom stereocenters. The Bertz CT molecular complexity index is 921. The van der Waals surface area contributed by atoms with Crippen molar-refractivity contribution in [1.82, 2.24) is 0 Å². The standard InChI is InChI=1S/C35H62NO.CH2O/c1-25(2)13-12-14-26(3)27-17-21-35(8)29-15-16-30-32(4,5)31(37-24-23-36(9,10)11)19-20-33(30,6)28(29)18-22-34(27,35)7;1-2/h13,26-27,30-31H,12,14-24H2,1-11H3;1H2/q+1;/t26-,27-,30+,31+,33-,34-,35+;/m1./s1. The van der Waals surface area contributed by atoms with Gasteiger partial charge in [-0.2, -0.15) is 0 Å². The number of nitrogens with zero attached hydrogens (tertiary/aromatic N) is 1. The van der Waals surface area contributed by atoms with Crippen molar-refractivity contribution in [1.29, 1.82) is 0 Å². The topological polar surface area (TPSA) is 26.3 Å². The van der Waals surface area contributed by atoms with Crippen LogP contribution in [0.2, 0.25) is 0 Å². The van der Waals surface area contributed by atoms with Crippen molar-refractivity contribution in [3.05, 3.63) is 22.8 Å². The van der Waals surface area contributed by atoms with Crippen LogP contribution >= 0.6 is 0 Å². The molecule has 0 radical (unpaired) electrons. The average Bonchev–Trinajstić information content (AvgIpc) is 3.12. The lowest BCUT2D eigenvalue weighted by atomic mass is 9.43. The fourth-order valence-corrected chi connectivity index (χ4v) is 10.2. The monoisotopic (exact) mass is 542 g/mol. The van der Waals surface area contributed by atoms with Crippen molar-refractivity contribution in [2.45, 2.75) is 126 Å². The van der Waals surface area contributed by atoms with Gasteiger partial charge in [0.1, 0.15) is 13.3 Å². The van der Waals surface area contributed by atoms with Gasteiger partial charge < -0.3 is 14.0 Å². The Hall–Kier alpha value is -0.930. The van der Waals surface area contributed by atoms with E-state index >= 15 is 0 Å². The summed E-state index contributed by atoms with van der Waals surface area (Å²) in [7, 11) is 6.82. The molecule has 4 aliphatic carbocycles. The van der Waals surface area contributed by atoms with Crippen LogP contribution in [0, 0.1) is 39.4 Å². The number of rotatable bonds is 8. The molecule has 0 heterocycles. The summed E-state index contributed by atoms with van der Waals surface area (Å²) in [5, 5.41) is 0.